The lowest BCUT2D eigenvalue weighted by Crippen LogP contribution is -2.30. The number of hydrogen-bond acceptors (Lipinski definition) is 4. The van der Waals surface area contributed by atoms with E-state index in [1.165, 1.54) is 77.0 Å². The Bertz CT molecular complexity index is 700. The van der Waals surface area contributed by atoms with E-state index in [0.29, 0.717) is 0 Å². The minimum atomic E-state index is 0.725. The number of nitrogens with zero attached hydrogens (tertiary/aromatic N) is 4. The Hall–Kier alpha value is -1.14. The van der Waals surface area contributed by atoms with Crippen LogP contribution < -0.4 is 0 Å². The molecular formula is C24H40N4S2. The SMILES string of the molecule is CCCCCCCCN(CCCCCCCC)C(=S)SCn1nnc2ccccc21. The van der Waals surface area contributed by atoms with Crippen molar-refractivity contribution in [2.24, 2.45) is 0 Å². The molecule has 0 fully saturated rings. The van der Waals surface area contributed by atoms with Gasteiger partial charge in [-0.2, -0.15) is 0 Å². The molecule has 0 saturated heterocycles. The standard InChI is InChI=1S/C24H40N4S2/c1-3-5-7-9-11-15-19-27(20-16-12-10-8-6-4-2)24(29)30-21-28-23-18-14-13-17-22(23)25-26-28/h13-14,17-18H,3-12,15-16,19-21H2,1-2H3. The van der Waals surface area contributed by atoms with E-state index >= 15 is 0 Å². The largest absolute Gasteiger partial charge is 0.357 e. The summed E-state index contributed by atoms with van der Waals surface area (Å²) in [6.45, 7) is 6.72. The van der Waals surface area contributed by atoms with E-state index in [-0.39, 0.29) is 0 Å². The van der Waals surface area contributed by atoms with Crippen molar-refractivity contribution in [2.45, 2.75) is 96.8 Å². The van der Waals surface area contributed by atoms with Crippen molar-refractivity contribution in [1.29, 1.82) is 0 Å². The first-order valence-corrected chi connectivity index (χ1v) is 13.4. The van der Waals surface area contributed by atoms with Crippen molar-refractivity contribution in [3.63, 3.8) is 0 Å². The molecule has 0 aliphatic carbocycles. The molecule has 0 spiro atoms. The van der Waals surface area contributed by atoms with Crippen LogP contribution in [0.5, 0.6) is 0 Å². The average molecular weight is 449 g/mol. The molecule has 0 radical (unpaired) electrons. The highest BCUT2D eigenvalue weighted by molar-refractivity contribution is 8.22. The molecule has 0 bridgehead atoms. The predicted octanol–water partition coefficient (Wildman–Crippen LogP) is 7.43. The molecule has 0 unspecified atom stereocenters. The molecule has 6 heteroatoms. The van der Waals surface area contributed by atoms with Gasteiger partial charge in [-0.1, -0.05) is 119 Å². The quantitative estimate of drug-likeness (QED) is 0.197. The highest BCUT2D eigenvalue weighted by atomic mass is 32.2. The monoisotopic (exact) mass is 448 g/mol. The molecule has 0 saturated carbocycles. The third-order valence-electron chi connectivity index (χ3n) is 5.55. The van der Waals surface area contributed by atoms with Gasteiger partial charge in [0.25, 0.3) is 0 Å². The Morgan fingerprint density at radius 1 is 0.867 bits per heavy atom. The number of fused-ring (bicyclic) bond motifs is 1. The van der Waals surface area contributed by atoms with Crippen LogP contribution in [0.25, 0.3) is 11.0 Å². The lowest BCUT2D eigenvalue weighted by molar-refractivity contribution is 0.395. The lowest BCUT2D eigenvalue weighted by atomic mass is 10.1. The third kappa shape index (κ3) is 9.34. The Morgan fingerprint density at radius 3 is 2.07 bits per heavy atom. The second-order valence-corrected chi connectivity index (χ2v) is 9.72. The van der Waals surface area contributed by atoms with Crippen molar-refractivity contribution in [1.82, 2.24) is 19.9 Å². The van der Waals surface area contributed by atoms with E-state index in [1.807, 2.05) is 22.9 Å². The fourth-order valence-electron chi connectivity index (χ4n) is 3.68. The Morgan fingerprint density at radius 2 is 1.43 bits per heavy atom. The van der Waals surface area contributed by atoms with Crippen LogP contribution in [0.4, 0.5) is 0 Å². The van der Waals surface area contributed by atoms with Gasteiger partial charge in [-0.3, -0.25) is 0 Å². The zero-order chi connectivity index (χ0) is 21.4. The van der Waals surface area contributed by atoms with Crippen molar-refractivity contribution >= 4 is 39.3 Å². The number of thioether (sulfide) groups is 1. The number of benzene rings is 1. The Kier molecular flexibility index (Phi) is 13.1. The molecule has 2 aromatic rings. The highest BCUT2D eigenvalue weighted by Crippen LogP contribution is 2.18. The van der Waals surface area contributed by atoms with Crippen LogP contribution in [-0.2, 0) is 5.88 Å². The van der Waals surface area contributed by atoms with Gasteiger partial charge in [-0.25, -0.2) is 4.68 Å². The summed E-state index contributed by atoms with van der Waals surface area (Å²) in [5.74, 6) is 0.725. The van der Waals surface area contributed by atoms with Gasteiger partial charge in [0.15, 0.2) is 0 Å². The van der Waals surface area contributed by atoms with Gasteiger partial charge in [0.1, 0.15) is 9.84 Å². The van der Waals surface area contributed by atoms with Gasteiger partial charge in [-0.15, -0.1) is 5.10 Å². The molecule has 0 amide bonds. The molecule has 0 atom stereocenters. The van der Waals surface area contributed by atoms with Crippen LogP contribution in [0.15, 0.2) is 24.3 Å². The van der Waals surface area contributed by atoms with Gasteiger partial charge in [0, 0.05) is 13.1 Å². The molecule has 1 heterocycles. The number of para-hydroxylation sites is 1. The molecule has 0 aliphatic heterocycles. The van der Waals surface area contributed by atoms with E-state index in [4.69, 9.17) is 12.2 Å². The van der Waals surface area contributed by atoms with Crippen LogP contribution in [0.1, 0.15) is 90.9 Å². The normalized spacial score (nSPS) is 11.3. The maximum Gasteiger partial charge on any atom is 0.138 e. The summed E-state index contributed by atoms with van der Waals surface area (Å²) in [5.41, 5.74) is 2.02. The predicted molar refractivity (Wildman–Crippen MR) is 136 cm³/mol. The molecule has 0 aliphatic rings. The van der Waals surface area contributed by atoms with Gasteiger partial charge in [-0.05, 0) is 25.0 Å². The number of thiocarbonyl (C=S) groups is 1. The van der Waals surface area contributed by atoms with Crippen LogP contribution in [-0.4, -0.2) is 37.3 Å². The first-order valence-electron chi connectivity index (χ1n) is 12.0. The van der Waals surface area contributed by atoms with Gasteiger partial charge >= 0.3 is 0 Å². The van der Waals surface area contributed by atoms with Crippen molar-refractivity contribution in [2.75, 3.05) is 13.1 Å². The van der Waals surface area contributed by atoms with Gasteiger partial charge in [0.05, 0.1) is 11.4 Å². The minimum absolute atomic E-state index is 0.725. The van der Waals surface area contributed by atoms with E-state index in [1.54, 1.807) is 11.8 Å². The average Bonchev–Trinajstić information content (AvgIpc) is 3.18. The maximum atomic E-state index is 5.84. The van der Waals surface area contributed by atoms with E-state index < -0.39 is 0 Å². The smallest absolute Gasteiger partial charge is 0.138 e. The van der Waals surface area contributed by atoms with Crippen LogP contribution in [0.3, 0.4) is 0 Å². The lowest BCUT2D eigenvalue weighted by Gasteiger charge is -2.25. The fourth-order valence-corrected chi connectivity index (χ4v) is 4.81. The first-order chi connectivity index (χ1) is 14.8. The highest BCUT2D eigenvalue weighted by Gasteiger charge is 2.12. The molecular weight excluding hydrogens is 408 g/mol. The van der Waals surface area contributed by atoms with Crippen LogP contribution in [0, 0.1) is 0 Å². The number of aromatic nitrogens is 3. The van der Waals surface area contributed by atoms with Crippen LogP contribution >= 0.6 is 24.0 Å². The van der Waals surface area contributed by atoms with Crippen LogP contribution in [0.2, 0.25) is 0 Å². The van der Waals surface area contributed by atoms with Crippen molar-refractivity contribution in [3.05, 3.63) is 24.3 Å². The topological polar surface area (TPSA) is 34.0 Å². The second kappa shape index (κ2) is 15.6. The summed E-state index contributed by atoms with van der Waals surface area (Å²) in [5, 5.41) is 8.56. The van der Waals surface area contributed by atoms with E-state index in [0.717, 1.165) is 34.3 Å². The van der Waals surface area contributed by atoms with Crippen molar-refractivity contribution < 1.29 is 0 Å². The number of hydrogen-bond donors (Lipinski definition) is 0. The Labute approximate surface area is 193 Å². The molecule has 2 rings (SSSR count). The third-order valence-corrected chi connectivity index (χ3v) is 7.04. The van der Waals surface area contributed by atoms with Crippen molar-refractivity contribution in [3.8, 4) is 0 Å². The summed E-state index contributed by atoms with van der Waals surface area (Å²) in [6.07, 6.45) is 15.9. The van der Waals surface area contributed by atoms with Gasteiger partial charge < -0.3 is 4.90 Å². The zero-order valence-electron chi connectivity index (χ0n) is 19.0. The summed E-state index contributed by atoms with van der Waals surface area (Å²) in [6, 6.07) is 8.12. The van der Waals surface area contributed by atoms with E-state index in [9.17, 15) is 0 Å². The summed E-state index contributed by atoms with van der Waals surface area (Å²) >= 11 is 7.56. The Balaban J connectivity index is 1.79. The molecule has 1 aromatic heterocycles. The zero-order valence-corrected chi connectivity index (χ0v) is 20.7. The minimum Gasteiger partial charge on any atom is -0.357 e. The molecule has 168 valence electrons. The molecule has 1 aromatic carbocycles. The second-order valence-electron chi connectivity index (χ2n) is 8.14. The fraction of sp³-hybridized carbons (Fsp3) is 0.708. The number of rotatable bonds is 16. The van der Waals surface area contributed by atoms with E-state index in [2.05, 4.69) is 35.1 Å². The molecule has 0 N–H and O–H groups in total. The summed E-state index contributed by atoms with van der Waals surface area (Å²) in [4.78, 5) is 2.44. The summed E-state index contributed by atoms with van der Waals surface area (Å²) in [7, 11) is 0. The molecule has 4 nitrogen and oxygen atoms in total. The maximum absolute atomic E-state index is 5.84. The number of unbranched alkanes of at least 4 members (excludes halogenated alkanes) is 10. The summed E-state index contributed by atoms with van der Waals surface area (Å²) < 4.78 is 2.97. The molecule has 30 heavy (non-hydrogen) atoms. The first kappa shape index (κ1) is 25.1. The van der Waals surface area contributed by atoms with Gasteiger partial charge in [0.2, 0.25) is 0 Å².